The number of anilines is 1. The van der Waals surface area contributed by atoms with Crippen LogP contribution < -0.4 is 9.64 Å². The van der Waals surface area contributed by atoms with E-state index in [0.29, 0.717) is 31.0 Å². The number of benzene rings is 2. The molecule has 0 atom stereocenters. The Morgan fingerprint density at radius 3 is 2.20 bits per heavy atom. The lowest BCUT2D eigenvalue weighted by Gasteiger charge is -2.37. The second kappa shape index (κ2) is 8.22. The van der Waals surface area contributed by atoms with Crippen molar-refractivity contribution in [3.63, 3.8) is 0 Å². The second-order valence-corrected chi connectivity index (χ2v) is 7.66. The van der Waals surface area contributed by atoms with E-state index < -0.39 is 0 Å². The minimum Gasteiger partial charge on any atom is -0.494 e. The maximum Gasteiger partial charge on any atom is 0.277 e. The van der Waals surface area contributed by atoms with E-state index in [0.717, 1.165) is 24.4 Å². The summed E-state index contributed by atoms with van der Waals surface area (Å²) in [6, 6.07) is 15.8. The SMILES string of the molecule is CCOc1ccc(C2=C(N3CCN(c4cccc(C)c4)CC3)C(=O)N(C)C2=O)cc1. The summed E-state index contributed by atoms with van der Waals surface area (Å²) in [4.78, 5) is 31.4. The van der Waals surface area contributed by atoms with Crippen molar-refractivity contribution in [2.24, 2.45) is 0 Å². The van der Waals surface area contributed by atoms with Gasteiger partial charge in [0.05, 0.1) is 12.2 Å². The van der Waals surface area contributed by atoms with E-state index in [9.17, 15) is 9.59 Å². The Bertz CT molecular complexity index is 989. The van der Waals surface area contributed by atoms with Crippen LogP contribution in [0.2, 0.25) is 0 Å². The van der Waals surface area contributed by atoms with Crippen LogP contribution in [0.25, 0.3) is 5.57 Å². The monoisotopic (exact) mass is 405 g/mol. The van der Waals surface area contributed by atoms with Crippen LogP contribution in [0.15, 0.2) is 54.2 Å². The molecule has 2 aliphatic heterocycles. The summed E-state index contributed by atoms with van der Waals surface area (Å²) in [6.07, 6.45) is 0. The molecular formula is C24H27N3O3. The van der Waals surface area contributed by atoms with E-state index in [4.69, 9.17) is 4.74 Å². The van der Waals surface area contributed by atoms with Gasteiger partial charge in [0, 0.05) is 38.9 Å². The fraction of sp³-hybridized carbons (Fsp3) is 0.333. The molecule has 0 unspecified atom stereocenters. The lowest BCUT2D eigenvalue weighted by molar-refractivity contribution is -0.135. The van der Waals surface area contributed by atoms with Gasteiger partial charge in [0.2, 0.25) is 0 Å². The fourth-order valence-corrected chi connectivity index (χ4v) is 4.08. The third-order valence-electron chi connectivity index (χ3n) is 5.68. The van der Waals surface area contributed by atoms with E-state index in [1.165, 1.54) is 16.2 Å². The summed E-state index contributed by atoms with van der Waals surface area (Å²) < 4.78 is 5.50. The molecule has 2 amide bonds. The highest BCUT2D eigenvalue weighted by Gasteiger charge is 2.40. The first-order valence-electron chi connectivity index (χ1n) is 10.4. The molecule has 2 aliphatic rings. The van der Waals surface area contributed by atoms with Crippen LogP contribution in [0.4, 0.5) is 5.69 Å². The second-order valence-electron chi connectivity index (χ2n) is 7.66. The Morgan fingerprint density at radius 1 is 0.900 bits per heavy atom. The Morgan fingerprint density at radius 2 is 1.57 bits per heavy atom. The van der Waals surface area contributed by atoms with E-state index in [1.54, 1.807) is 7.05 Å². The first-order chi connectivity index (χ1) is 14.5. The topological polar surface area (TPSA) is 53.1 Å². The van der Waals surface area contributed by atoms with Gasteiger partial charge in [0.15, 0.2) is 0 Å². The zero-order chi connectivity index (χ0) is 21.3. The number of amides is 2. The zero-order valence-electron chi connectivity index (χ0n) is 17.7. The number of aryl methyl sites for hydroxylation is 1. The molecule has 6 nitrogen and oxygen atoms in total. The van der Waals surface area contributed by atoms with Gasteiger partial charge in [-0.25, -0.2) is 0 Å². The third-order valence-corrected chi connectivity index (χ3v) is 5.68. The highest BCUT2D eigenvalue weighted by atomic mass is 16.5. The van der Waals surface area contributed by atoms with Gasteiger partial charge in [-0.05, 0) is 49.2 Å². The van der Waals surface area contributed by atoms with Crippen LogP contribution in [0.5, 0.6) is 5.75 Å². The molecule has 4 rings (SSSR count). The van der Waals surface area contributed by atoms with Crippen molar-refractivity contribution < 1.29 is 14.3 Å². The average Bonchev–Trinajstić information content (AvgIpc) is 2.99. The smallest absolute Gasteiger partial charge is 0.277 e. The fourth-order valence-electron chi connectivity index (χ4n) is 4.08. The van der Waals surface area contributed by atoms with E-state index in [1.807, 2.05) is 31.2 Å². The van der Waals surface area contributed by atoms with Gasteiger partial charge in [0.25, 0.3) is 11.8 Å². The van der Waals surface area contributed by atoms with Gasteiger partial charge in [-0.3, -0.25) is 14.5 Å². The first-order valence-corrected chi connectivity index (χ1v) is 10.4. The van der Waals surface area contributed by atoms with Crippen molar-refractivity contribution in [3.8, 4) is 5.75 Å². The maximum atomic E-state index is 12.9. The van der Waals surface area contributed by atoms with Gasteiger partial charge in [0.1, 0.15) is 11.4 Å². The number of likely N-dealkylation sites (N-methyl/N-ethyl adjacent to an activating group) is 1. The molecule has 0 radical (unpaired) electrons. The van der Waals surface area contributed by atoms with Gasteiger partial charge in [-0.15, -0.1) is 0 Å². The van der Waals surface area contributed by atoms with Crippen LogP contribution in [0, 0.1) is 6.92 Å². The summed E-state index contributed by atoms with van der Waals surface area (Å²) in [5.41, 5.74) is 4.16. The summed E-state index contributed by atoms with van der Waals surface area (Å²) in [7, 11) is 1.55. The Hall–Kier alpha value is -3.28. The molecule has 2 aromatic carbocycles. The largest absolute Gasteiger partial charge is 0.494 e. The van der Waals surface area contributed by atoms with Crippen molar-refractivity contribution in [1.29, 1.82) is 0 Å². The number of hydrogen-bond donors (Lipinski definition) is 0. The van der Waals surface area contributed by atoms with E-state index in [2.05, 4.69) is 41.0 Å². The van der Waals surface area contributed by atoms with Gasteiger partial charge in [-0.1, -0.05) is 24.3 Å². The Kier molecular flexibility index (Phi) is 5.48. The lowest BCUT2D eigenvalue weighted by Crippen LogP contribution is -2.47. The number of rotatable bonds is 5. The minimum atomic E-state index is -0.250. The number of hydrogen-bond acceptors (Lipinski definition) is 5. The first kappa shape index (κ1) is 20.0. The van der Waals surface area contributed by atoms with Crippen LogP contribution in [0.1, 0.15) is 18.1 Å². The van der Waals surface area contributed by atoms with E-state index in [-0.39, 0.29) is 11.8 Å². The summed E-state index contributed by atoms with van der Waals surface area (Å²) >= 11 is 0. The van der Waals surface area contributed by atoms with E-state index >= 15 is 0 Å². The predicted molar refractivity (Wildman–Crippen MR) is 117 cm³/mol. The van der Waals surface area contributed by atoms with Crippen molar-refractivity contribution in [2.75, 3.05) is 44.7 Å². The molecule has 30 heavy (non-hydrogen) atoms. The van der Waals surface area contributed by atoms with Gasteiger partial charge in [-0.2, -0.15) is 0 Å². The molecule has 0 saturated carbocycles. The van der Waals surface area contributed by atoms with Crippen molar-refractivity contribution in [2.45, 2.75) is 13.8 Å². The lowest BCUT2D eigenvalue weighted by atomic mass is 10.0. The van der Waals surface area contributed by atoms with Crippen molar-refractivity contribution >= 4 is 23.1 Å². The molecule has 6 heteroatoms. The quantitative estimate of drug-likeness (QED) is 0.716. The van der Waals surface area contributed by atoms with Gasteiger partial charge < -0.3 is 14.5 Å². The molecule has 1 fully saturated rings. The van der Waals surface area contributed by atoms with Gasteiger partial charge >= 0.3 is 0 Å². The summed E-state index contributed by atoms with van der Waals surface area (Å²) in [6.45, 7) is 7.58. The summed E-state index contributed by atoms with van der Waals surface area (Å²) in [5.74, 6) is 0.272. The number of nitrogens with zero attached hydrogens (tertiary/aromatic N) is 3. The van der Waals surface area contributed by atoms with Crippen LogP contribution >= 0.6 is 0 Å². The molecule has 0 aromatic heterocycles. The van der Waals surface area contributed by atoms with Crippen molar-refractivity contribution in [1.82, 2.24) is 9.80 Å². The zero-order valence-corrected chi connectivity index (χ0v) is 17.7. The molecule has 1 saturated heterocycles. The molecule has 0 N–H and O–H groups in total. The Balaban J connectivity index is 1.60. The average molecular weight is 405 g/mol. The molecule has 2 heterocycles. The van der Waals surface area contributed by atoms with Crippen LogP contribution in [-0.4, -0.2) is 61.4 Å². The normalized spacial score (nSPS) is 17.2. The minimum absolute atomic E-state index is 0.229. The number of ether oxygens (including phenoxy) is 1. The molecular weight excluding hydrogens is 378 g/mol. The number of piperazine rings is 1. The van der Waals surface area contributed by atoms with Crippen LogP contribution in [-0.2, 0) is 9.59 Å². The third kappa shape index (κ3) is 3.65. The number of imide groups is 1. The number of carbonyl (C=O) groups excluding carboxylic acids is 2. The summed E-state index contributed by atoms with van der Waals surface area (Å²) in [5, 5.41) is 0. The molecule has 0 aliphatic carbocycles. The molecule has 156 valence electrons. The Labute approximate surface area is 177 Å². The highest BCUT2D eigenvalue weighted by Crippen LogP contribution is 2.32. The molecule has 0 bridgehead atoms. The van der Waals surface area contributed by atoms with Crippen molar-refractivity contribution in [3.05, 3.63) is 65.4 Å². The standard InChI is InChI=1S/C24H27N3O3/c1-4-30-20-10-8-18(9-11-20)21-22(24(29)25(3)23(21)28)27-14-12-26(13-15-27)19-7-5-6-17(2)16-19/h5-11,16H,4,12-15H2,1-3H3. The number of carbonyl (C=O) groups is 2. The predicted octanol–water partition coefficient (Wildman–Crippen LogP) is 2.93. The van der Waals surface area contributed by atoms with Crippen LogP contribution in [0.3, 0.4) is 0 Å². The maximum absolute atomic E-state index is 12.9. The molecule has 2 aromatic rings. The highest BCUT2D eigenvalue weighted by molar-refractivity contribution is 6.35. The molecule has 0 spiro atoms.